The second-order valence-electron chi connectivity index (χ2n) is 23.0. The lowest BCUT2D eigenvalue weighted by Gasteiger charge is -2.58. The highest BCUT2D eigenvalue weighted by Crippen LogP contribution is 2.67. The number of hydrogen-bond donors (Lipinski definition) is 1. The number of esters is 1. The Morgan fingerprint density at radius 3 is 2.30 bits per heavy atom. The van der Waals surface area contributed by atoms with E-state index in [2.05, 4.69) is 82.1 Å². The van der Waals surface area contributed by atoms with Crippen molar-refractivity contribution in [1.82, 2.24) is 10.2 Å². The molecule has 1 aliphatic heterocycles. The summed E-state index contributed by atoms with van der Waals surface area (Å²) in [6, 6.07) is 0. The van der Waals surface area contributed by atoms with Crippen LogP contribution in [0.5, 0.6) is 0 Å². The van der Waals surface area contributed by atoms with Crippen molar-refractivity contribution in [3.8, 4) is 0 Å². The highest BCUT2D eigenvalue weighted by molar-refractivity contribution is 5.81. The maximum atomic E-state index is 13.1. The lowest BCUT2D eigenvalue weighted by Crippen LogP contribution is -2.51. The van der Waals surface area contributed by atoms with E-state index >= 15 is 0 Å². The van der Waals surface area contributed by atoms with Gasteiger partial charge in [-0.15, -0.1) is 0 Å². The van der Waals surface area contributed by atoms with E-state index in [0.717, 1.165) is 93.9 Å². The summed E-state index contributed by atoms with van der Waals surface area (Å²) in [7, 11) is 0. The number of allylic oxidation sites excluding steroid dienone is 5. The molecule has 5 unspecified atom stereocenters. The van der Waals surface area contributed by atoms with E-state index in [0.29, 0.717) is 25.2 Å². The first-order valence-corrected chi connectivity index (χ1v) is 28.4. The fourth-order valence-electron chi connectivity index (χ4n) is 13.7. The molecule has 4 fully saturated rings. The number of amides is 1. The molecule has 0 aromatic heterocycles. The number of rotatable bonds is 32. The molecule has 0 radical (unpaired) electrons. The molecule has 5 aliphatic rings. The minimum atomic E-state index is -0.240. The maximum Gasteiger partial charge on any atom is 0.306 e. The Hall–Kier alpha value is -1.96. The minimum Gasteiger partial charge on any atom is -0.462 e. The Labute approximate surface area is 406 Å². The van der Waals surface area contributed by atoms with Crippen molar-refractivity contribution in [2.24, 2.45) is 46.3 Å². The van der Waals surface area contributed by atoms with Crippen molar-refractivity contribution in [3.05, 3.63) is 36.0 Å². The van der Waals surface area contributed by atoms with Crippen LogP contribution in [0, 0.1) is 46.3 Å². The molecule has 7 heteroatoms. The lowest BCUT2D eigenvalue weighted by molar-refractivity contribution is -0.152. The zero-order valence-electron chi connectivity index (χ0n) is 43.7. The first-order chi connectivity index (χ1) is 32.0. The summed E-state index contributed by atoms with van der Waals surface area (Å²) < 4.78 is 18.5. The molecule has 1 amide bonds. The van der Waals surface area contributed by atoms with Crippen LogP contribution in [0.25, 0.3) is 0 Å². The smallest absolute Gasteiger partial charge is 0.306 e. The third-order valence-corrected chi connectivity index (χ3v) is 17.6. The van der Waals surface area contributed by atoms with Crippen LogP contribution in [-0.2, 0) is 23.8 Å². The Kier molecular flexibility index (Phi) is 24.9. The molecule has 9 atom stereocenters. The zero-order valence-corrected chi connectivity index (χ0v) is 43.7. The van der Waals surface area contributed by atoms with Gasteiger partial charge in [0, 0.05) is 32.5 Å². The van der Waals surface area contributed by atoms with Crippen LogP contribution in [0.3, 0.4) is 0 Å². The van der Waals surface area contributed by atoms with Gasteiger partial charge < -0.3 is 24.4 Å². The summed E-state index contributed by atoms with van der Waals surface area (Å²) >= 11 is 0. The van der Waals surface area contributed by atoms with Gasteiger partial charge in [-0.05, 0) is 156 Å². The summed E-state index contributed by atoms with van der Waals surface area (Å²) in [5.74, 6) is 4.59. The number of hydrogen-bond acceptors (Lipinski definition) is 6. The second-order valence-corrected chi connectivity index (χ2v) is 23.0. The van der Waals surface area contributed by atoms with E-state index < -0.39 is 0 Å². The SMILES string of the molecule is CCCCCC=CCC=CCCCCCCCCOCC(CN1CCCCC1)OCCNC(=O)CCC(=O)O[C@H]1CC[C@@]2(C)C(=CC[C@H]3C4CCC(C(C)CCCC(C)C)[C@@]4(C)CCC32)C1. The molecule has 0 aromatic carbocycles. The van der Waals surface area contributed by atoms with Gasteiger partial charge in [0.1, 0.15) is 6.10 Å². The van der Waals surface area contributed by atoms with Gasteiger partial charge >= 0.3 is 5.97 Å². The van der Waals surface area contributed by atoms with Gasteiger partial charge in [0.25, 0.3) is 0 Å². The number of piperidine rings is 1. The zero-order chi connectivity index (χ0) is 47.0. The monoisotopic (exact) mass is 919 g/mol. The molecule has 7 nitrogen and oxygen atoms in total. The number of ether oxygens (including phenoxy) is 3. The predicted molar refractivity (Wildman–Crippen MR) is 275 cm³/mol. The Balaban J connectivity index is 0.923. The molecular weight excluding hydrogens is 817 g/mol. The summed E-state index contributed by atoms with van der Waals surface area (Å²) in [6.45, 7) is 20.2. The van der Waals surface area contributed by atoms with Crippen LogP contribution in [0.15, 0.2) is 36.0 Å². The molecule has 5 rings (SSSR count). The number of carbonyl (C=O) groups excluding carboxylic acids is 2. The van der Waals surface area contributed by atoms with E-state index in [4.69, 9.17) is 14.2 Å². The van der Waals surface area contributed by atoms with Gasteiger partial charge in [0.05, 0.1) is 25.7 Å². The van der Waals surface area contributed by atoms with Gasteiger partial charge in [-0.3, -0.25) is 9.59 Å². The summed E-state index contributed by atoms with van der Waals surface area (Å²) in [5, 5.41) is 3.00. The van der Waals surface area contributed by atoms with Crippen molar-refractivity contribution in [1.29, 1.82) is 0 Å². The standard InChI is InChI=1S/C59H102N2O5/c1-7-8-9-10-11-12-13-14-15-16-17-18-19-20-21-25-42-64-46-51(45-61-40-23-22-24-41-61)65-43-39-60-56(62)33-34-57(63)66-50-35-37-58(5)49(44-50)29-30-52-54-32-31-53(48(4)28-26-27-47(2)3)59(54,6)38-36-55(52)58/h11-12,14-15,29,47-48,50-55H,7-10,13,16-28,30-46H2,1-6H3,(H,60,62)/t48?,50-,51?,52-,53?,54?,55?,58-,59+/m0/s1. The van der Waals surface area contributed by atoms with Gasteiger partial charge in [-0.25, -0.2) is 0 Å². The Morgan fingerprint density at radius 2 is 1.55 bits per heavy atom. The van der Waals surface area contributed by atoms with Crippen molar-refractivity contribution >= 4 is 11.9 Å². The molecule has 1 heterocycles. The molecule has 1 N–H and O–H groups in total. The van der Waals surface area contributed by atoms with Gasteiger partial charge in [0.2, 0.25) is 5.91 Å². The Bertz CT molecular complexity index is 1470. The van der Waals surface area contributed by atoms with Gasteiger partial charge in [0.15, 0.2) is 0 Å². The van der Waals surface area contributed by atoms with Crippen molar-refractivity contribution in [2.45, 2.75) is 234 Å². The summed E-state index contributed by atoms with van der Waals surface area (Å²) in [5.41, 5.74) is 2.28. The fourth-order valence-corrected chi connectivity index (χ4v) is 13.7. The second kappa shape index (κ2) is 29.9. The van der Waals surface area contributed by atoms with Crippen LogP contribution >= 0.6 is 0 Å². The number of likely N-dealkylation sites (tertiary alicyclic amines) is 1. The molecule has 4 aliphatic carbocycles. The molecule has 66 heavy (non-hydrogen) atoms. The van der Waals surface area contributed by atoms with E-state index in [1.54, 1.807) is 5.57 Å². The molecule has 378 valence electrons. The first-order valence-electron chi connectivity index (χ1n) is 28.4. The van der Waals surface area contributed by atoms with E-state index in [-0.39, 0.29) is 42.3 Å². The topological polar surface area (TPSA) is 77.1 Å². The highest BCUT2D eigenvalue weighted by atomic mass is 16.5. The van der Waals surface area contributed by atoms with Crippen LogP contribution in [0.2, 0.25) is 0 Å². The fraction of sp³-hybridized carbons (Fsp3) is 0.864. The van der Waals surface area contributed by atoms with Crippen molar-refractivity contribution in [3.63, 3.8) is 0 Å². The van der Waals surface area contributed by atoms with Crippen LogP contribution < -0.4 is 5.32 Å². The maximum absolute atomic E-state index is 13.1. The summed E-state index contributed by atoms with van der Waals surface area (Å²) in [4.78, 5) is 28.4. The first kappa shape index (κ1) is 55.0. The van der Waals surface area contributed by atoms with Gasteiger partial charge in [-0.2, -0.15) is 0 Å². The summed E-state index contributed by atoms with van der Waals surface area (Å²) in [6.07, 6.45) is 44.7. The third kappa shape index (κ3) is 17.8. The minimum absolute atomic E-state index is 0.00596. The molecule has 3 saturated carbocycles. The predicted octanol–water partition coefficient (Wildman–Crippen LogP) is 14.5. The number of fused-ring (bicyclic) bond motifs is 5. The Morgan fingerprint density at radius 1 is 0.803 bits per heavy atom. The normalized spacial score (nSPS) is 28.8. The molecule has 0 bridgehead atoms. The average Bonchev–Trinajstić information content (AvgIpc) is 3.67. The van der Waals surface area contributed by atoms with Gasteiger partial charge in [-0.1, -0.05) is 142 Å². The van der Waals surface area contributed by atoms with Crippen molar-refractivity contribution in [2.75, 3.05) is 46.0 Å². The molecule has 1 saturated heterocycles. The number of nitrogens with one attached hydrogen (secondary N) is 1. The van der Waals surface area contributed by atoms with Crippen LogP contribution in [0.4, 0.5) is 0 Å². The molecule has 0 spiro atoms. The van der Waals surface area contributed by atoms with E-state index in [9.17, 15) is 9.59 Å². The van der Waals surface area contributed by atoms with Crippen molar-refractivity contribution < 1.29 is 23.8 Å². The average molecular weight is 919 g/mol. The van der Waals surface area contributed by atoms with Crippen LogP contribution in [-0.4, -0.2) is 75.0 Å². The number of carbonyl (C=O) groups is 2. The van der Waals surface area contributed by atoms with E-state index in [1.165, 1.54) is 135 Å². The number of nitrogens with zero attached hydrogens (tertiary/aromatic N) is 1. The largest absolute Gasteiger partial charge is 0.462 e. The lowest BCUT2D eigenvalue weighted by atomic mass is 9.47. The number of unbranched alkanes of at least 4 members (excludes halogenated alkanes) is 9. The quantitative estimate of drug-likeness (QED) is 0.0412. The van der Waals surface area contributed by atoms with E-state index in [1.807, 2.05) is 0 Å². The highest BCUT2D eigenvalue weighted by Gasteiger charge is 2.59. The third-order valence-electron chi connectivity index (χ3n) is 17.6. The molecular formula is C59H102N2O5. The molecule has 0 aromatic rings. The van der Waals surface area contributed by atoms with Crippen LogP contribution in [0.1, 0.15) is 221 Å².